The molecule has 1 aliphatic rings. The molecule has 0 bridgehead atoms. The summed E-state index contributed by atoms with van der Waals surface area (Å²) >= 11 is 2.05. The minimum absolute atomic E-state index is 0.184. The summed E-state index contributed by atoms with van der Waals surface area (Å²) in [6, 6.07) is 8.85. The van der Waals surface area contributed by atoms with Crippen molar-refractivity contribution in [2.24, 2.45) is 5.92 Å². The SMILES string of the molecule is CC(C)(C)NCc1ccccc1SCC1CCCC1. The predicted molar refractivity (Wildman–Crippen MR) is 85.7 cm³/mol. The molecule has 1 N–H and O–H groups in total. The van der Waals surface area contributed by atoms with Crippen molar-refractivity contribution in [2.75, 3.05) is 5.75 Å². The van der Waals surface area contributed by atoms with Crippen molar-refractivity contribution in [3.63, 3.8) is 0 Å². The number of nitrogens with one attached hydrogen (secondary N) is 1. The van der Waals surface area contributed by atoms with E-state index in [2.05, 4.69) is 62.1 Å². The number of hydrogen-bond donors (Lipinski definition) is 1. The Morgan fingerprint density at radius 3 is 2.53 bits per heavy atom. The lowest BCUT2D eigenvalue weighted by Gasteiger charge is -2.21. The van der Waals surface area contributed by atoms with E-state index in [0.29, 0.717) is 0 Å². The van der Waals surface area contributed by atoms with Crippen LogP contribution in [0.3, 0.4) is 0 Å². The molecule has 0 unspecified atom stereocenters. The van der Waals surface area contributed by atoms with Crippen LogP contribution in [0.25, 0.3) is 0 Å². The molecule has 1 nitrogen and oxygen atoms in total. The fourth-order valence-corrected chi connectivity index (χ4v) is 3.78. The summed E-state index contributed by atoms with van der Waals surface area (Å²) in [6.45, 7) is 7.64. The Bertz CT molecular complexity index is 388. The van der Waals surface area contributed by atoms with Crippen LogP contribution in [0.15, 0.2) is 29.2 Å². The lowest BCUT2D eigenvalue weighted by atomic mass is 10.1. The Morgan fingerprint density at radius 1 is 1.16 bits per heavy atom. The zero-order valence-electron chi connectivity index (χ0n) is 12.5. The summed E-state index contributed by atoms with van der Waals surface area (Å²) in [5, 5.41) is 3.59. The third kappa shape index (κ3) is 5.19. The first-order valence-corrected chi connectivity index (χ1v) is 8.49. The van der Waals surface area contributed by atoms with Crippen LogP contribution in [0, 0.1) is 5.92 Å². The summed E-state index contributed by atoms with van der Waals surface area (Å²) in [5.74, 6) is 2.25. The van der Waals surface area contributed by atoms with Gasteiger partial charge < -0.3 is 5.32 Å². The molecule has 1 aromatic rings. The molecule has 1 aliphatic carbocycles. The van der Waals surface area contributed by atoms with Gasteiger partial charge in [0.2, 0.25) is 0 Å². The maximum Gasteiger partial charge on any atom is 0.0221 e. The second kappa shape index (κ2) is 6.81. The van der Waals surface area contributed by atoms with E-state index in [1.807, 2.05) is 0 Å². The molecule has 1 aromatic carbocycles. The van der Waals surface area contributed by atoms with Crippen LogP contribution < -0.4 is 5.32 Å². The highest BCUT2D eigenvalue weighted by Crippen LogP contribution is 2.32. The van der Waals surface area contributed by atoms with Gasteiger partial charge in [-0.2, -0.15) is 0 Å². The van der Waals surface area contributed by atoms with Gasteiger partial charge in [0.15, 0.2) is 0 Å². The van der Waals surface area contributed by atoms with Crippen LogP contribution in [0.2, 0.25) is 0 Å². The van der Waals surface area contributed by atoms with Crippen LogP contribution in [-0.2, 0) is 6.54 Å². The molecule has 0 heterocycles. The summed E-state index contributed by atoms with van der Waals surface area (Å²) in [5.41, 5.74) is 1.63. The number of thioether (sulfide) groups is 1. The van der Waals surface area contributed by atoms with E-state index in [1.165, 1.54) is 41.9 Å². The molecule has 0 atom stereocenters. The van der Waals surface area contributed by atoms with Crippen molar-refractivity contribution in [3.8, 4) is 0 Å². The van der Waals surface area contributed by atoms with Crippen LogP contribution >= 0.6 is 11.8 Å². The Kier molecular flexibility index (Phi) is 5.35. The van der Waals surface area contributed by atoms with E-state index < -0.39 is 0 Å². The van der Waals surface area contributed by atoms with E-state index >= 15 is 0 Å². The standard InChI is InChI=1S/C17H27NS/c1-17(2,3)18-12-15-10-6-7-11-16(15)19-13-14-8-4-5-9-14/h6-7,10-11,14,18H,4-5,8-9,12-13H2,1-3H3. The largest absolute Gasteiger partial charge is 0.308 e. The van der Waals surface area contributed by atoms with Crippen LogP contribution in [0.5, 0.6) is 0 Å². The fourth-order valence-electron chi connectivity index (χ4n) is 2.54. The molecule has 0 spiro atoms. The van der Waals surface area contributed by atoms with Crippen molar-refractivity contribution < 1.29 is 0 Å². The normalized spacial score (nSPS) is 17.0. The first kappa shape index (κ1) is 14.9. The van der Waals surface area contributed by atoms with Gasteiger partial charge >= 0.3 is 0 Å². The van der Waals surface area contributed by atoms with Gasteiger partial charge in [-0.15, -0.1) is 11.8 Å². The minimum atomic E-state index is 0.184. The van der Waals surface area contributed by atoms with Gasteiger partial charge in [0.05, 0.1) is 0 Å². The first-order chi connectivity index (χ1) is 9.04. The summed E-state index contributed by atoms with van der Waals surface area (Å²) in [6.07, 6.45) is 5.77. The predicted octanol–water partition coefficient (Wildman–Crippen LogP) is 4.86. The molecule has 19 heavy (non-hydrogen) atoms. The molecule has 0 saturated heterocycles. The minimum Gasteiger partial charge on any atom is -0.308 e. The third-order valence-corrected chi connectivity index (χ3v) is 5.08. The molecule has 0 aromatic heterocycles. The summed E-state index contributed by atoms with van der Waals surface area (Å²) < 4.78 is 0. The first-order valence-electron chi connectivity index (χ1n) is 7.50. The Balaban J connectivity index is 1.91. The Hall–Kier alpha value is -0.470. The topological polar surface area (TPSA) is 12.0 Å². The van der Waals surface area contributed by atoms with Gasteiger partial charge in [-0.05, 0) is 51.2 Å². The fraction of sp³-hybridized carbons (Fsp3) is 0.647. The second-order valence-electron chi connectivity index (χ2n) is 6.67. The van der Waals surface area contributed by atoms with Crippen molar-refractivity contribution in [1.29, 1.82) is 0 Å². The van der Waals surface area contributed by atoms with Crippen LogP contribution in [-0.4, -0.2) is 11.3 Å². The van der Waals surface area contributed by atoms with Crippen molar-refractivity contribution >= 4 is 11.8 Å². The zero-order chi connectivity index (χ0) is 13.7. The smallest absolute Gasteiger partial charge is 0.0221 e. The van der Waals surface area contributed by atoms with Crippen molar-refractivity contribution in [1.82, 2.24) is 5.32 Å². The molecule has 0 aliphatic heterocycles. The number of benzene rings is 1. The number of hydrogen-bond acceptors (Lipinski definition) is 2. The maximum atomic E-state index is 3.59. The third-order valence-electron chi connectivity index (χ3n) is 3.73. The summed E-state index contributed by atoms with van der Waals surface area (Å²) in [7, 11) is 0. The number of rotatable bonds is 5. The molecule has 2 heteroatoms. The highest BCUT2D eigenvalue weighted by molar-refractivity contribution is 7.99. The van der Waals surface area contributed by atoms with Gasteiger partial charge in [-0.1, -0.05) is 31.0 Å². The molecular formula is C17H27NS. The molecule has 0 amide bonds. The van der Waals surface area contributed by atoms with Crippen molar-refractivity contribution in [2.45, 2.75) is 63.4 Å². The van der Waals surface area contributed by atoms with Gasteiger partial charge in [-0.25, -0.2) is 0 Å². The van der Waals surface area contributed by atoms with E-state index in [9.17, 15) is 0 Å². The lowest BCUT2D eigenvalue weighted by Crippen LogP contribution is -2.35. The quantitative estimate of drug-likeness (QED) is 0.772. The molecule has 0 radical (unpaired) electrons. The van der Waals surface area contributed by atoms with Gasteiger partial charge in [-0.3, -0.25) is 0 Å². The molecule has 1 fully saturated rings. The molecular weight excluding hydrogens is 250 g/mol. The average molecular weight is 277 g/mol. The highest BCUT2D eigenvalue weighted by Gasteiger charge is 2.16. The van der Waals surface area contributed by atoms with Crippen LogP contribution in [0.1, 0.15) is 52.0 Å². The monoisotopic (exact) mass is 277 g/mol. The molecule has 106 valence electrons. The van der Waals surface area contributed by atoms with Gasteiger partial charge in [0, 0.05) is 22.7 Å². The van der Waals surface area contributed by atoms with Crippen molar-refractivity contribution in [3.05, 3.63) is 29.8 Å². The second-order valence-corrected chi connectivity index (χ2v) is 7.73. The average Bonchev–Trinajstić information content (AvgIpc) is 2.87. The molecule has 1 saturated carbocycles. The van der Waals surface area contributed by atoms with E-state index in [4.69, 9.17) is 0 Å². The van der Waals surface area contributed by atoms with Gasteiger partial charge in [0.1, 0.15) is 0 Å². The van der Waals surface area contributed by atoms with E-state index in [-0.39, 0.29) is 5.54 Å². The van der Waals surface area contributed by atoms with E-state index in [0.717, 1.165) is 12.5 Å². The lowest BCUT2D eigenvalue weighted by molar-refractivity contribution is 0.422. The van der Waals surface area contributed by atoms with Crippen LogP contribution in [0.4, 0.5) is 0 Å². The zero-order valence-corrected chi connectivity index (χ0v) is 13.4. The maximum absolute atomic E-state index is 3.59. The van der Waals surface area contributed by atoms with E-state index in [1.54, 1.807) is 0 Å². The summed E-state index contributed by atoms with van der Waals surface area (Å²) in [4.78, 5) is 1.46. The molecule has 2 rings (SSSR count). The Morgan fingerprint density at radius 2 is 1.84 bits per heavy atom. The Labute approximate surface area is 122 Å². The highest BCUT2D eigenvalue weighted by atomic mass is 32.2. The van der Waals surface area contributed by atoms with Gasteiger partial charge in [0.25, 0.3) is 0 Å².